The van der Waals surface area contributed by atoms with Crippen LogP contribution in [0.25, 0.3) is 0 Å². The highest BCUT2D eigenvalue weighted by atomic mass is 16.5. The molecule has 208 valence electrons. The Morgan fingerprint density at radius 3 is 2.27 bits per heavy atom. The third-order valence-electron chi connectivity index (χ3n) is 7.82. The molecule has 40 heavy (non-hydrogen) atoms. The van der Waals surface area contributed by atoms with Gasteiger partial charge in [-0.1, -0.05) is 54.1 Å². The van der Waals surface area contributed by atoms with E-state index in [1.165, 1.54) is 0 Å². The first-order valence-corrected chi connectivity index (χ1v) is 13.6. The van der Waals surface area contributed by atoms with Crippen LogP contribution in [0.5, 0.6) is 5.75 Å². The van der Waals surface area contributed by atoms with Gasteiger partial charge in [0.2, 0.25) is 5.91 Å². The molecule has 3 aromatic rings. The molecule has 1 spiro atoms. The van der Waals surface area contributed by atoms with Crippen LogP contribution in [0.2, 0.25) is 0 Å². The van der Waals surface area contributed by atoms with Crippen molar-refractivity contribution in [1.82, 2.24) is 14.7 Å². The molecule has 2 heterocycles. The van der Waals surface area contributed by atoms with Crippen molar-refractivity contribution in [3.8, 4) is 5.75 Å². The monoisotopic (exact) mass is 541 g/mol. The second-order valence-corrected chi connectivity index (χ2v) is 10.5. The van der Waals surface area contributed by atoms with E-state index in [4.69, 9.17) is 9.47 Å². The minimum Gasteiger partial charge on any atom is -0.497 e. The number of carbonyl (C=O) groups is 3. The molecule has 0 saturated carbocycles. The lowest BCUT2D eigenvalue weighted by molar-refractivity contribution is -0.137. The number of ether oxygens (including phenoxy) is 2. The predicted octanol–water partition coefficient (Wildman–Crippen LogP) is 4.14. The molecule has 1 unspecified atom stereocenters. The van der Waals surface area contributed by atoms with Crippen molar-refractivity contribution in [3.05, 3.63) is 101 Å². The van der Waals surface area contributed by atoms with E-state index in [0.29, 0.717) is 49.4 Å². The Morgan fingerprint density at radius 1 is 0.925 bits per heavy atom. The number of likely N-dealkylation sites (N-methyl/N-ethyl adjacent to an activating group) is 1. The molecule has 0 bridgehead atoms. The van der Waals surface area contributed by atoms with Crippen LogP contribution in [-0.2, 0) is 16.1 Å². The Labute approximate surface area is 235 Å². The number of likely N-dealkylation sites (tertiary alicyclic amines) is 1. The van der Waals surface area contributed by atoms with E-state index in [1.54, 1.807) is 59.2 Å². The summed E-state index contributed by atoms with van der Waals surface area (Å²) < 4.78 is 11.7. The summed E-state index contributed by atoms with van der Waals surface area (Å²) in [5, 5.41) is 0. The second kappa shape index (κ2) is 11.5. The van der Waals surface area contributed by atoms with Gasteiger partial charge in [-0.2, -0.15) is 0 Å². The zero-order valence-corrected chi connectivity index (χ0v) is 23.2. The molecule has 2 aliphatic rings. The van der Waals surface area contributed by atoms with E-state index >= 15 is 0 Å². The highest BCUT2D eigenvalue weighted by molar-refractivity contribution is 5.99. The summed E-state index contributed by atoms with van der Waals surface area (Å²) in [6, 6.07) is 23.5. The lowest BCUT2D eigenvalue weighted by atomic mass is 9.95. The molecule has 2 fully saturated rings. The first-order chi connectivity index (χ1) is 19.3. The van der Waals surface area contributed by atoms with Gasteiger partial charge >= 0.3 is 0 Å². The Hall–Kier alpha value is -4.17. The van der Waals surface area contributed by atoms with Crippen LogP contribution in [0.15, 0.2) is 78.9 Å². The van der Waals surface area contributed by atoms with E-state index in [2.05, 4.69) is 0 Å². The molecule has 1 atom stereocenters. The molecule has 3 aromatic carbocycles. The van der Waals surface area contributed by atoms with Gasteiger partial charge in [0.05, 0.1) is 13.7 Å². The van der Waals surface area contributed by atoms with E-state index in [9.17, 15) is 14.4 Å². The minimum atomic E-state index is -0.972. The summed E-state index contributed by atoms with van der Waals surface area (Å²) >= 11 is 0. The Morgan fingerprint density at radius 2 is 1.60 bits per heavy atom. The van der Waals surface area contributed by atoms with Crippen molar-refractivity contribution < 1.29 is 23.9 Å². The Bertz CT molecular complexity index is 1380. The summed E-state index contributed by atoms with van der Waals surface area (Å²) in [6.07, 6.45) is 0.818. The number of benzene rings is 3. The lowest BCUT2D eigenvalue weighted by Crippen LogP contribution is -2.59. The smallest absolute Gasteiger partial charge is 0.256 e. The summed E-state index contributed by atoms with van der Waals surface area (Å²) in [5.74, 6) is 0.115. The number of nitrogens with zero attached hydrogens (tertiary/aromatic N) is 3. The third-order valence-corrected chi connectivity index (χ3v) is 7.82. The average Bonchev–Trinajstić information content (AvgIpc) is 3.35. The van der Waals surface area contributed by atoms with Gasteiger partial charge in [0.25, 0.3) is 11.8 Å². The van der Waals surface area contributed by atoms with Gasteiger partial charge in [0.15, 0.2) is 0 Å². The van der Waals surface area contributed by atoms with Crippen molar-refractivity contribution in [2.24, 2.45) is 0 Å². The number of carbonyl (C=O) groups excluding carboxylic acids is 3. The molecule has 5 rings (SSSR count). The summed E-state index contributed by atoms with van der Waals surface area (Å²) in [7, 11) is 3.32. The van der Waals surface area contributed by atoms with Crippen LogP contribution in [-0.4, -0.2) is 78.0 Å². The van der Waals surface area contributed by atoms with Crippen molar-refractivity contribution in [2.75, 3.05) is 33.9 Å². The highest BCUT2D eigenvalue weighted by Crippen LogP contribution is 2.39. The fraction of sp³-hybridized carbons (Fsp3) is 0.344. The van der Waals surface area contributed by atoms with E-state index in [1.807, 2.05) is 55.5 Å². The number of rotatable bonds is 6. The normalized spacial score (nSPS) is 18.0. The van der Waals surface area contributed by atoms with Crippen LogP contribution >= 0.6 is 0 Å². The highest BCUT2D eigenvalue weighted by Gasteiger charge is 2.54. The molecular weight excluding hydrogens is 506 g/mol. The Kier molecular flexibility index (Phi) is 7.89. The van der Waals surface area contributed by atoms with Crippen molar-refractivity contribution >= 4 is 17.7 Å². The van der Waals surface area contributed by atoms with E-state index in [0.717, 1.165) is 11.1 Å². The zero-order chi connectivity index (χ0) is 28.3. The summed E-state index contributed by atoms with van der Waals surface area (Å²) in [6.45, 7) is 3.27. The maximum Gasteiger partial charge on any atom is 0.256 e. The molecule has 0 aliphatic carbocycles. The SMILES string of the molecule is COc1cccc(C(=O)N2CCC3(CC2)OCC(C(=O)N(C)Cc2ccccc2)N3C(=O)c2cccc(C)c2)c1. The van der Waals surface area contributed by atoms with E-state index < -0.39 is 11.8 Å². The quantitative estimate of drug-likeness (QED) is 0.469. The first-order valence-electron chi connectivity index (χ1n) is 13.6. The third kappa shape index (κ3) is 5.45. The molecule has 0 N–H and O–H groups in total. The maximum atomic E-state index is 14.1. The molecule has 3 amide bonds. The zero-order valence-electron chi connectivity index (χ0n) is 23.2. The molecular formula is C32H35N3O5. The second-order valence-electron chi connectivity index (χ2n) is 10.5. The number of hydrogen-bond acceptors (Lipinski definition) is 5. The van der Waals surface area contributed by atoms with Gasteiger partial charge in [-0.05, 0) is 42.8 Å². The van der Waals surface area contributed by atoms with Crippen LogP contribution in [0.3, 0.4) is 0 Å². The summed E-state index contributed by atoms with van der Waals surface area (Å²) in [4.78, 5) is 46.2. The largest absolute Gasteiger partial charge is 0.497 e. The Balaban J connectivity index is 1.39. The van der Waals surface area contributed by atoms with Crippen LogP contribution in [0.1, 0.15) is 44.7 Å². The maximum absolute atomic E-state index is 14.1. The van der Waals surface area contributed by atoms with E-state index in [-0.39, 0.29) is 24.3 Å². The first kappa shape index (κ1) is 27.4. The fourth-order valence-corrected chi connectivity index (χ4v) is 5.66. The lowest BCUT2D eigenvalue weighted by Gasteiger charge is -2.44. The van der Waals surface area contributed by atoms with Gasteiger partial charge in [0, 0.05) is 50.7 Å². The molecule has 0 aromatic heterocycles. The van der Waals surface area contributed by atoms with Gasteiger partial charge in [-0.25, -0.2) is 0 Å². The summed E-state index contributed by atoms with van der Waals surface area (Å²) in [5.41, 5.74) is 2.06. The number of piperidine rings is 1. The molecule has 8 nitrogen and oxygen atoms in total. The van der Waals surface area contributed by atoms with Crippen LogP contribution < -0.4 is 4.74 Å². The van der Waals surface area contributed by atoms with Crippen molar-refractivity contribution in [1.29, 1.82) is 0 Å². The fourth-order valence-electron chi connectivity index (χ4n) is 5.66. The van der Waals surface area contributed by atoms with Gasteiger partial charge in [0.1, 0.15) is 17.5 Å². The number of hydrogen-bond donors (Lipinski definition) is 0. The molecule has 8 heteroatoms. The number of amides is 3. The number of aryl methyl sites for hydroxylation is 1. The topological polar surface area (TPSA) is 79.4 Å². The van der Waals surface area contributed by atoms with Crippen molar-refractivity contribution in [3.63, 3.8) is 0 Å². The molecule has 2 aliphatic heterocycles. The van der Waals surface area contributed by atoms with Gasteiger partial charge in [-0.15, -0.1) is 0 Å². The van der Waals surface area contributed by atoms with Crippen LogP contribution in [0, 0.1) is 6.92 Å². The van der Waals surface area contributed by atoms with Gasteiger partial charge < -0.3 is 19.3 Å². The molecule has 0 radical (unpaired) electrons. The minimum absolute atomic E-state index is 0.0986. The standard InChI is InChI=1S/C32H35N3O5/c1-23-9-7-12-25(19-23)30(37)35-28(31(38)33(2)21-24-10-5-4-6-11-24)22-40-32(35)15-17-34(18-16-32)29(36)26-13-8-14-27(20-26)39-3/h4-14,19-20,28H,15-18,21-22H2,1-3H3. The average molecular weight is 542 g/mol. The predicted molar refractivity (Wildman–Crippen MR) is 151 cm³/mol. The van der Waals surface area contributed by atoms with Crippen LogP contribution in [0.4, 0.5) is 0 Å². The van der Waals surface area contributed by atoms with Gasteiger partial charge in [-0.3, -0.25) is 19.3 Å². The molecule has 2 saturated heterocycles. The number of methoxy groups -OCH3 is 1. The van der Waals surface area contributed by atoms with Crippen molar-refractivity contribution in [2.45, 2.75) is 38.1 Å².